The highest BCUT2D eigenvalue weighted by Gasteiger charge is 2.33. The van der Waals surface area contributed by atoms with E-state index in [1.54, 1.807) is 29.2 Å². The zero-order valence-corrected chi connectivity index (χ0v) is 25.0. The first-order valence-electron chi connectivity index (χ1n) is 14.6. The van der Waals surface area contributed by atoms with Gasteiger partial charge in [0.05, 0.1) is 13.2 Å². The van der Waals surface area contributed by atoms with E-state index >= 15 is 0 Å². The fourth-order valence-corrected chi connectivity index (χ4v) is 4.92. The second kappa shape index (κ2) is 14.8. The van der Waals surface area contributed by atoms with E-state index in [4.69, 9.17) is 9.47 Å². The van der Waals surface area contributed by atoms with Gasteiger partial charge >= 0.3 is 0 Å². The van der Waals surface area contributed by atoms with E-state index in [-0.39, 0.29) is 48.7 Å². The molecule has 0 saturated carbocycles. The summed E-state index contributed by atoms with van der Waals surface area (Å²) in [6.45, 7) is 6.95. The Bertz CT molecular complexity index is 1360. The minimum Gasteiger partial charge on any atom is -0.457 e. The molecule has 228 valence electrons. The van der Waals surface area contributed by atoms with Crippen molar-refractivity contribution in [3.8, 4) is 11.5 Å². The Hall–Kier alpha value is -4.24. The van der Waals surface area contributed by atoms with E-state index in [2.05, 4.69) is 10.6 Å². The van der Waals surface area contributed by atoms with Gasteiger partial charge in [-0.3, -0.25) is 14.4 Å². The lowest BCUT2D eigenvalue weighted by Crippen LogP contribution is -2.48. The van der Waals surface area contributed by atoms with Crippen molar-refractivity contribution in [2.75, 3.05) is 18.5 Å². The van der Waals surface area contributed by atoms with Crippen molar-refractivity contribution < 1.29 is 28.2 Å². The number of hydrogen-bond acceptors (Lipinski definition) is 5. The Kier molecular flexibility index (Phi) is 10.9. The number of carbonyl (C=O) groups is 3. The minimum absolute atomic E-state index is 0.0322. The number of ether oxygens (including phenoxy) is 2. The second-order valence-corrected chi connectivity index (χ2v) is 12.0. The molecule has 0 aliphatic carbocycles. The molecule has 3 aromatic carbocycles. The van der Waals surface area contributed by atoms with Crippen LogP contribution in [0.15, 0.2) is 78.9 Å². The molecule has 9 heteroatoms. The maximum atomic E-state index is 13.3. The molecule has 2 atom stereocenters. The van der Waals surface area contributed by atoms with Gasteiger partial charge in [-0.2, -0.15) is 0 Å². The standard InChI is InChI=1S/C34H40FN3O5/c1-34(2,3)21-32(40)38-19-7-10-27(38)20-31(39)37-30(23-42-22-24-8-5-4-6-9-24)33(41)36-26-13-17-29(18-14-26)43-28-15-11-25(35)12-16-28/h4-6,8-9,11-18,27,30H,7,10,19-23H2,1-3H3,(H,36,41)(H,37,39)/t27-,30-/m0/s1. The van der Waals surface area contributed by atoms with Crippen LogP contribution in [0.3, 0.4) is 0 Å². The van der Waals surface area contributed by atoms with Crippen molar-refractivity contribution in [2.24, 2.45) is 5.41 Å². The number of amides is 3. The molecule has 2 N–H and O–H groups in total. The summed E-state index contributed by atoms with van der Waals surface area (Å²) < 4.78 is 24.7. The van der Waals surface area contributed by atoms with E-state index in [1.165, 1.54) is 24.3 Å². The summed E-state index contributed by atoms with van der Waals surface area (Å²) in [6.07, 6.45) is 2.13. The van der Waals surface area contributed by atoms with Crippen molar-refractivity contribution in [3.63, 3.8) is 0 Å². The largest absolute Gasteiger partial charge is 0.457 e. The van der Waals surface area contributed by atoms with Crippen molar-refractivity contribution in [2.45, 2.75) is 65.1 Å². The van der Waals surface area contributed by atoms with E-state index in [1.807, 2.05) is 51.1 Å². The van der Waals surface area contributed by atoms with E-state index < -0.39 is 11.9 Å². The van der Waals surface area contributed by atoms with Gasteiger partial charge in [0.15, 0.2) is 0 Å². The molecule has 4 rings (SSSR count). The van der Waals surface area contributed by atoms with Gasteiger partial charge in [0.2, 0.25) is 17.7 Å². The summed E-state index contributed by atoms with van der Waals surface area (Å²) in [5.41, 5.74) is 1.31. The van der Waals surface area contributed by atoms with Crippen LogP contribution in [0, 0.1) is 11.2 Å². The zero-order valence-electron chi connectivity index (χ0n) is 25.0. The third kappa shape index (κ3) is 10.2. The topological polar surface area (TPSA) is 97.0 Å². The molecule has 0 aromatic heterocycles. The van der Waals surface area contributed by atoms with Crippen LogP contribution in [0.2, 0.25) is 0 Å². The Morgan fingerprint density at radius 3 is 2.26 bits per heavy atom. The molecule has 0 radical (unpaired) electrons. The maximum absolute atomic E-state index is 13.3. The van der Waals surface area contributed by atoms with Gasteiger partial charge < -0.3 is 25.0 Å². The van der Waals surface area contributed by atoms with Crippen LogP contribution >= 0.6 is 0 Å². The third-order valence-electron chi connectivity index (χ3n) is 7.02. The normalized spacial score (nSPS) is 15.5. The number of likely N-dealkylation sites (tertiary alicyclic amines) is 1. The summed E-state index contributed by atoms with van der Waals surface area (Å²) in [4.78, 5) is 41.2. The van der Waals surface area contributed by atoms with Crippen molar-refractivity contribution in [3.05, 3.63) is 90.2 Å². The van der Waals surface area contributed by atoms with Gasteiger partial charge in [0.25, 0.3) is 0 Å². The molecule has 0 unspecified atom stereocenters. The van der Waals surface area contributed by atoms with Crippen LogP contribution in [0.4, 0.5) is 10.1 Å². The Labute approximate surface area is 252 Å². The average Bonchev–Trinajstić information content (AvgIpc) is 3.42. The summed E-state index contributed by atoms with van der Waals surface area (Å²) in [5.74, 6) is -0.0440. The molecule has 3 aromatic rings. The molecular weight excluding hydrogens is 549 g/mol. The lowest BCUT2D eigenvalue weighted by atomic mass is 9.91. The average molecular weight is 590 g/mol. The number of anilines is 1. The lowest BCUT2D eigenvalue weighted by Gasteiger charge is -2.28. The van der Waals surface area contributed by atoms with Crippen LogP contribution in [0.5, 0.6) is 11.5 Å². The van der Waals surface area contributed by atoms with Crippen LogP contribution in [0.25, 0.3) is 0 Å². The van der Waals surface area contributed by atoms with Crippen LogP contribution in [-0.2, 0) is 25.7 Å². The molecule has 0 spiro atoms. The molecule has 1 saturated heterocycles. The highest BCUT2D eigenvalue weighted by molar-refractivity contribution is 5.97. The number of halogens is 1. The zero-order chi connectivity index (χ0) is 30.8. The predicted molar refractivity (Wildman–Crippen MR) is 163 cm³/mol. The summed E-state index contributed by atoms with van der Waals surface area (Å²) in [7, 11) is 0. The number of carbonyl (C=O) groups excluding carboxylic acids is 3. The highest BCUT2D eigenvalue weighted by Crippen LogP contribution is 2.26. The molecule has 0 bridgehead atoms. The monoisotopic (exact) mass is 589 g/mol. The lowest BCUT2D eigenvalue weighted by molar-refractivity contribution is -0.135. The molecule has 3 amide bonds. The van der Waals surface area contributed by atoms with Crippen molar-refractivity contribution in [1.29, 1.82) is 0 Å². The van der Waals surface area contributed by atoms with Crippen LogP contribution in [0.1, 0.15) is 52.0 Å². The summed E-state index contributed by atoms with van der Waals surface area (Å²) >= 11 is 0. The smallest absolute Gasteiger partial charge is 0.249 e. The Morgan fingerprint density at radius 1 is 0.953 bits per heavy atom. The maximum Gasteiger partial charge on any atom is 0.249 e. The van der Waals surface area contributed by atoms with Crippen LogP contribution < -0.4 is 15.4 Å². The fourth-order valence-electron chi connectivity index (χ4n) is 4.92. The minimum atomic E-state index is -0.952. The first-order chi connectivity index (χ1) is 20.6. The van der Waals surface area contributed by atoms with Gasteiger partial charge in [-0.1, -0.05) is 51.1 Å². The van der Waals surface area contributed by atoms with Crippen LogP contribution in [-0.4, -0.2) is 47.9 Å². The number of hydrogen-bond donors (Lipinski definition) is 2. The molecular formula is C34H40FN3O5. The molecule has 8 nitrogen and oxygen atoms in total. The molecule has 1 aliphatic heterocycles. The quantitative estimate of drug-likeness (QED) is 0.267. The number of benzene rings is 3. The van der Waals surface area contributed by atoms with E-state index in [0.717, 1.165) is 18.4 Å². The number of rotatable bonds is 12. The summed E-state index contributed by atoms with van der Waals surface area (Å²) in [5, 5.41) is 5.67. The van der Waals surface area contributed by atoms with Gasteiger partial charge in [0.1, 0.15) is 23.4 Å². The molecule has 1 aliphatic rings. The van der Waals surface area contributed by atoms with E-state index in [0.29, 0.717) is 30.2 Å². The molecule has 1 fully saturated rings. The first-order valence-corrected chi connectivity index (χ1v) is 14.6. The SMILES string of the molecule is CC(C)(C)CC(=O)N1CCC[C@H]1CC(=O)N[C@@H](COCc1ccccc1)C(=O)Nc1ccc(Oc2ccc(F)cc2)cc1. The fraction of sp³-hybridized carbons (Fsp3) is 0.382. The molecule has 43 heavy (non-hydrogen) atoms. The predicted octanol–water partition coefficient (Wildman–Crippen LogP) is 6.08. The third-order valence-corrected chi connectivity index (χ3v) is 7.02. The van der Waals surface area contributed by atoms with Gasteiger partial charge in [0, 0.05) is 31.1 Å². The van der Waals surface area contributed by atoms with Gasteiger partial charge in [-0.15, -0.1) is 0 Å². The Balaban J connectivity index is 1.37. The van der Waals surface area contributed by atoms with Gasteiger partial charge in [-0.05, 0) is 72.4 Å². The van der Waals surface area contributed by atoms with Crippen molar-refractivity contribution in [1.82, 2.24) is 10.2 Å². The summed E-state index contributed by atoms with van der Waals surface area (Å²) in [6, 6.07) is 20.8. The Morgan fingerprint density at radius 2 is 1.60 bits per heavy atom. The number of nitrogens with one attached hydrogen (secondary N) is 2. The van der Waals surface area contributed by atoms with Crippen molar-refractivity contribution >= 4 is 23.4 Å². The second-order valence-electron chi connectivity index (χ2n) is 12.0. The highest BCUT2D eigenvalue weighted by atomic mass is 19.1. The van der Waals surface area contributed by atoms with Gasteiger partial charge in [-0.25, -0.2) is 4.39 Å². The first kappa shape index (κ1) is 31.7. The van der Waals surface area contributed by atoms with E-state index in [9.17, 15) is 18.8 Å². The molecule has 1 heterocycles. The number of nitrogens with zero attached hydrogens (tertiary/aromatic N) is 1.